The fraction of sp³-hybridized carbons (Fsp3) is 0.364. The summed E-state index contributed by atoms with van der Waals surface area (Å²) in [6.45, 7) is 0.993. The summed E-state index contributed by atoms with van der Waals surface area (Å²) in [5.74, 6) is 1.12. The number of aromatic nitrogens is 3. The molecule has 17 heavy (non-hydrogen) atoms. The lowest BCUT2D eigenvalue weighted by Gasteiger charge is -2.01. The second-order valence-corrected chi connectivity index (χ2v) is 4.05. The number of H-pyrrole nitrogens is 1. The van der Waals surface area contributed by atoms with Gasteiger partial charge >= 0.3 is 0 Å². The highest BCUT2D eigenvalue weighted by Gasteiger charge is 2.21. The van der Waals surface area contributed by atoms with Gasteiger partial charge in [0.2, 0.25) is 5.56 Å². The van der Waals surface area contributed by atoms with Crippen LogP contribution < -0.4 is 10.9 Å². The standard InChI is InChI=1S/C11H12N4O2/c16-9-4-3-7(6-13-9)11-14-10(15-17-11)8-2-1-5-12-8/h3-4,6,8,12H,1-2,5H2,(H,13,16). The van der Waals surface area contributed by atoms with E-state index in [2.05, 4.69) is 20.4 Å². The number of pyridine rings is 1. The van der Waals surface area contributed by atoms with Crippen molar-refractivity contribution in [2.24, 2.45) is 0 Å². The van der Waals surface area contributed by atoms with E-state index in [0.29, 0.717) is 11.7 Å². The van der Waals surface area contributed by atoms with Crippen LogP contribution in [0.25, 0.3) is 11.5 Å². The van der Waals surface area contributed by atoms with Crippen LogP contribution in [0.1, 0.15) is 24.7 Å². The van der Waals surface area contributed by atoms with Gasteiger partial charge < -0.3 is 14.8 Å². The van der Waals surface area contributed by atoms with Crippen LogP contribution >= 0.6 is 0 Å². The number of nitrogens with one attached hydrogen (secondary N) is 2. The lowest BCUT2D eigenvalue weighted by molar-refractivity contribution is 0.412. The van der Waals surface area contributed by atoms with Gasteiger partial charge in [-0.05, 0) is 25.5 Å². The first kappa shape index (κ1) is 10.2. The van der Waals surface area contributed by atoms with Crippen molar-refractivity contribution in [2.75, 3.05) is 6.54 Å². The molecule has 2 aromatic rings. The first-order valence-corrected chi connectivity index (χ1v) is 5.59. The Labute approximate surface area is 97.1 Å². The third-order valence-corrected chi connectivity index (χ3v) is 2.84. The minimum Gasteiger partial charge on any atom is -0.334 e. The van der Waals surface area contributed by atoms with Crippen LogP contribution in [0.4, 0.5) is 0 Å². The molecule has 1 fully saturated rings. The minimum atomic E-state index is -0.147. The van der Waals surface area contributed by atoms with Crippen LogP contribution in [-0.2, 0) is 0 Å². The lowest BCUT2D eigenvalue weighted by atomic mass is 10.2. The molecule has 1 atom stereocenters. The quantitative estimate of drug-likeness (QED) is 0.801. The van der Waals surface area contributed by atoms with Crippen molar-refractivity contribution < 1.29 is 4.52 Å². The normalized spacial score (nSPS) is 19.6. The molecular weight excluding hydrogens is 220 g/mol. The van der Waals surface area contributed by atoms with E-state index in [4.69, 9.17) is 4.52 Å². The fourth-order valence-electron chi connectivity index (χ4n) is 1.94. The molecule has 1 aliphatic rings. The number of hydrogen-bond acceptors (Lipinski definition) is 5. The van der Waals surface area contributed by atoms with E-state index in [1.165, 1.54) is 6.07 Å². The highest BCUT2D eigenvalue weighted by atomic mass is 16.5. The van der Waals surface area contributed by atoms with E-state index in [0.717, 1.165) is 24.9 Å². The van der Waals surface area contributed by atoms with Gasteiger partial charge in [-0.3, -0.25) is 4.79 Å². The average molecular weight is 232 g/mol. The average Bonchev–Trinajstić information content (AvgIpc) is 3.00. The zero-order chi connectivity index (χ0) is 11.7. The molecule has 0 amide bonds. The Morgan fingerprint density at radius 3 is 3.06 bits per heavy atom. The van der Waals surface area contributed by atoms with E-state index >= 15 is 0 Å². The second kappa shape index (κ2) is 4.14. The second-order valence-electron chi connectivity index (χ2n) is 4.05. The van der Waals surface area contributed by atoms with Crippen molar-refractivity contribution in [1.29, 1.82) is 0 Å². The van der Waals surface area contributed by atoms with Gasteiger partial charge in [-0.25, -0.2) is 0 Å². The Morgan fingerprint density at radius 1 is 1.41 bits per heavy atom. The summed E-state index contributed by atoms with van der Waals surface area (Å²) in [7, 11) is 0. The van der Waals surface area contributed by atoms with Crippen molar-refractivity contribution in [2.45, 2.75) is 18.9 Å². The van der Waals surface area contributed by atoms with Crippen LogP contribution in [-0.4, -0.2) is 21.7 Å². The summed E-state index contributed by atoms with van der Waals surface area (Å²) >= 11 is 0. The molecule has 0 saturated carbocycles. The third-order valence-electron chi connectivity index (χ3n) is 2.84. The Kier molecular flexibility index (Phi) is 2.49. The Bertz CT molecular complexity index is 548. The first-order valence-electron chi connectivity index (χ1n) is 5.59. The van der Waals surface area contributed by atoms with Crippen LogP contribution in [0.3, 0.4) is 0 Å². The molecule has 3 heterocycles. The number of aromatic amines is 1. The van der Waals surface area contributed by atoms with Gasteiger partial charge in [-0.15, -0.1) is 0 Å². The van der Waals surface area contributed by atoms with Gasteiger partial charge in [-0.2, -0.15) is 4.98 Å². The molecule has 0 spiro atoms. The number of hydrogen-bond donors (Lipinski definition) is 2. The lowest BCUT2D eigenvalue weighted by Crippen LogP contribution is -2.14. The van der Waals surface area contributed by atoms with Crippen molar-refractivity contribution in [1.82, 2.24) is 20.4 Å². The molecule has 1 unspecified atom stereocenters. The largest absolute Gasteiger partial charge is 0.334 e. The van der Waals surface area contributed by atoms with Gasteiger partial charge in [0.15, 0.2) is 5.82 Å². The van der Waals surface area contributed by atoms with E-state index in [9.17, 15) is 4.79 Å². The summed E-state index contributed by atoms with van der Waals surface area (Å²) in [5, 5.41) is 7.26. The molecule has 2 aromatic heterocycles. The van der Waals surface area contributed by atoms with E-state index in [-0.39, 0.29) is 11.6 Å². The molecule has 1 saturated heterocycles. The van der Waals surface area contributed by atoms with Gasteiger partial charge in [0.05, 0.1) is 11.6 Å². The maximum Gasteiger partial charge on any atom is 0.259 e. The van der Waals surface area contributed by atoms with E-state index in [1.54, 1.807) is 12.3 Å². The predicted molar refractivity (Wildman–Crippen MR) is 60.3 cm³/mol. The van der Waals surface area contributed by atoms with Crippen molar-refractivity contribution >= 4 is 0 Å². The fourth-order valence-corrected chi connectivity index (χ4v) is 1.94. The minimum absolute atomic E-state index is 0.147. The topological polar surface area (TPSA) is 83.8 Å². The molecule has 6 nitrogen and oxygen atoms in total. The van der Waals surface area contributed by atoms with Crippen LogP contribution in [0.15, 0.2) is 27.6 Å². The van der Waals surface area contributed by atoms with Gasteiger partial charge in [-0.1, -0.05) is 5.16 Å². The summed E-state index contributed by atoms with van der Waals surface area (Å²) in [6, 6.07) is 3.29. The molecule has 1 aliphatic heterocycles. The van der Waals surface area contributed by atoms with Crippen molar-refractivity contribution in [3.8, 4) is 11.5 Å². The first-order chi connectivity index (χ1) is 8.33. The number of nitrogens with zero attached hydrogens (tertiary/aromatic N) is 2. The van der Waals surface area contributed by atoms with Crippen molar-refractivity contribution in [3.63, 3.8) is 0 Å². The molecule has 0 bridgehead atoms. The summed E-state index contributed by atoms with van der Waals surface area (Å²) in [5.41, 5.74) is 0.576. The summed E-state index contributed by atoms with van der Waals surface area (Å²) in [4.78, 5) is 17.8. The predicted octanol–water partition coefficient (Wildman–Crippen LogP) is 0.849. The third kappa shape index (κ3) is 1.99. The number of rotatable bonds is 2. The highest BCUT2D eigenvalue weighted by Crippen LogP contribution is 2.23. The van der Waals surface area contributed by atoms with E-state index in [1.807, 2.05) is 0 Å². The smallest absolute Gasteiger partial charge is 0.259 e. The molecule has 0 aliphatic carbocycles. The van der Waals surface area contributed by atoms with Crippen LogP contribution in [0.5, 0.6) is 0 Å². The Hall–Kier alpha value is -1.95. The Morgan fingerprint density at radius 2 is 2.35 bits per heavy atom. The van der Waals surface area contributed by atoms with Crippen molar-refractivity contribution in [3.05, 3.63) is 34.5 Å². The molecule has 0 aromatic carbocycles. The van der Waals surface area contributed by atoms with Gasteiger partial charge in [0, 0.05) is 12.3 Å². The van der Waals surface area contributed by atoms with Crippen LogP contribution in [0, 0.1) is 0 Å². The molecule has 6 heteroatoms. The summed E-state index contributed by atoms with van der Waals surface area (Å²) in [6.07, 6.45) is 3.74. The Balaban J connectivity index is 1.89. The van der Waals surface area contributed by atoms with Crippen LogP contribution in [0.2, 0.25) is 0 Å². The SMILES string of the molecule is O=c1ccc(-c2nc(C3CCCN3)no2)c[nH]1. The zero-order valence-corrected chi connectivity index (χ0v) is 9.14. The molecule has 2 N–H and O–H groups in total. The molecular formula is C11H12N4O2. The molecule has 3 rings (SSSR count). The maximum atomic E-state index is 10.9. The monoisotopic (exact) mass is 232 g/mol. The van der Waals surface area contributed by atoms with Gasteiger partial charge in [0.25, 0.3) is 5.89 Å². The maximum absolute atomic E-state index is 10.9. The van der Waals surface area contributed by atoms with Gasteiger partial charge in [0.1, 0.15) is 0 Å². The molecule has 0 radical (unpaired) electrons. The van der Waals surface area contributed by atoms with E-state index < -0.39 is 0 Å². The zero-order valence-electron chi connectivity index (χ0n) is 9.14. The highest BCUT2D eigenvalue weighted by molar-refractivity contribution is 5.50. The molecule has 88 valence electrons. The summed E-state index contributed by atoms with van der Waals surface area (Å²) < 4.78 is 5.18.